The number of nitrogens with one attached hydrogen (secondary N) is 1. The van der Waals surface area contributed by atoms with Crippen LogP contribution in [0, 0.1) is 32.1 Å². The molecule has 0 aliphatic rings. The molecule has 3 rings (SSSR count). The lowest BCUT2D eigenvalue weighted by Gasteiger charge is -2.11. The predicted octanol–water partition coefficient (Wildman–Crippen LogP) is 5.42. The number of hydrogen-bond donors (Lipinski definition) is 2. The lowest BCUT2D eigenvalue weighted by molar-refractivity contribution is -0.112. The third-order valence-electron chi connectivity index (χ3n) is 4.66. The lowest BCUT2D eigenvalue weighted by Crippen LogP contribution is -2.13. The highest BCUT2D eigenvalue weighted by Gasteiger charge is 2.14. The van der Waals surface area contributed by atoms with Crippen LogP contribution >= 0.6 is 15.9 Å². The second-order valence-electron chi connectivity index (χ2n) is 6.77. The molecule has 0 fully saturated rings. The number of carbonyl (C=O) groups is 1. The van der Waals surface area contributed by atoms with E-state index >= 15 is 0 Å². The summed E-state index contributed by atoms with van der Waals surface area (Å²) in [5, 5.41) is 21.5. The van der Waals surface area contributed by atoms with E-state index in [4.69, 9.17) is 0 Å². The van der Waals surface area contributed by atoms with Gasteiger partial charge in [-0.1, -0.05) is 15.9 Å². The van der Waals surface area contributed by atoms with Crippen molar-refractivity contribution in [1.29, 1.82) is 5.26 Å². The minimum absolute atomic E-state index is 0.00492. The van der Waals surface area contributed by atoms with Crippen LogP contribution in [0.15, 0.2) is 58.6 Å². The number of hydrogen-bond acceptors (Lipinski definition) is 3. The molecule has 0 aliphatic heterocycles. The van der Waals surface area contributed by atoms with Gasteiger partial charge in [0, 0.05) is 27.2 Å². The van der Waals surface area contributed by atoms with E-state index < -0.39 is 5.91 Å². The minimum Gasteiger partial charge on any atom is -0.508 e. The number of amides is 1. The summed E-state index contributed by atoms with van der Waals surface area (Å²) in [5.41, 5.74) is 5.40. The largest absolute Gasteiger partial charge is 0.508 e. The normalized spacial score (nSPS) is 11.2. The molecule has 1 aromatic heterocycles. The van der Waals surface area contributed by atoms with E-state index in [2.05, 4.69) is 31.9 Å². The molecule has 0 aliphatic carbocycles. The predicted molar refractivity (Wildman–Crippen MR) is 118 cm³/mol. The van der Waals surface area contributed by atoms with E-state index in [1.807, 2.05) is 45.0 Å². The van der Waals surface area contributed by atoms with Crippen molar-refractivity contribution in [2.45, 2.75) is 20.8 Å². The SMILES string of the molecule is Cc1cc(-n2c(C)cc(/C=C(/C#N)C(=O)Nc3ccc(O)cc3)c2C)ccc1Br. The Labute approximate surface area is 178 Å². The Balaban J connectivity index is 1.94. The summed E-state index contributed by atoms with van der Waals surface area (Å²) in [4.78, 5) is 12.5. The summed E-state index contributed by atoms with van der Waals surface area (Å²) < 4.78 is 3.14. The fraction of sp³-hybridized carbons (Fsp3) is 0.130. The number of anilines is 1. The molecule has 3 aromatic rings. The van der Waals surface area contributed by atoms with Crippen LogP contribution in [0.25, 0.3) is 11.8 Å². The summed E-state index contributed by atoms with van der Waals surface area (Å²) in [6.45, 7) is 5.98. The topological polar surface area (TPSA) is 78.0 Å². The van der Waals surface area contributed by atoms with Crippen LogP contribution < -0.4 is 5.32 Å². The molecule has 0 bridgehead atoms. The van der Waals surface area contributed by atoms with Gasteiger partial charge >= 0.3 is 0 Å². The molecule has 1 heterocycles. The Morgan fingerprint density at radius 1 is 1.14 bits per heavy atom. The van der Waals surface area contributed by atoms with E-state index in [1.54, 1.807) is 18.2 Å². The number of phenols is 1. The van der Waals surface area contributed by atoms with Gasteiger partial charge in [0.2, 0.25) is 0 Å². The number of nitriles is 1. The highest BCUT2D eigenvalue weighted by atomic mass is 79.9. The Bertz CT molecular complexity index is 1150. The van der Waals surface area contributed by atoms with Gasteiger partial charge in [-0.2, -0.15) is 5.26 Å². The molecular weight excluding hydrogens is 430 g/mol. The summed E-state index contributed by atoms with van der Waals surface area (Å²) >= 11 is 3.52. The fourth-order valence-electron chi connectivity index (χ4n) is 3.15. The maximum atomic E-state index is 12.5. The van der Waals surface area contributed by atoms with Crippen LogP contribution in [-0.2, 0) is 4.79 Å². The molecule has 2 N–H and O–H groups in total. The molecule has 0 radical (unpaired) electrons. The van der Waals surface area contributed by atoms with Crippen LogP contribution in [0.5, 0.6) is 5.75 Å². The lowest BCUT2D eigenvalue weighted by atomic mass is 10.1. The Morgan fingerprint density at radius 3 is 2.45 bits per heavy atom. The molecule has 0 unspecified atom stereocenters. The van der Waals surface area contributed by atoms with Gasteiger partial charge in [0.25, 0.3) is 5.91 Å². The standard InChI is InChI=1S/C23H20BrN3O2/c1-14-10-20(6-9-22(14)24)27-15(2)11-17(16(27)3)12-18(13-25)23(29)26-19-4-7-21(28)8-5-19/h4-12,28H,1-3H3,(H,26,29)/b18-12-. The first-order chi connectivity index (χ1) is 13.8. The van der Waals surface area contributed by atoms with E-state index in [0.717, 1.165) is 32.7 Å². The molecule has 0 saturated heterocycles. The molecule has 0 atom stereocenters. The second kappa shape index (κ2) is 8.38. The zero-order chi connectivity index (χ0) is 21.1. The van der Waals surface area contributed by atoms with Gasteiger partial charge in [0.1, 0.15) is 17.4 Å². The first kappa shape index (κ1) is 20.4. The molecule has 1 amide bonds. The van der Waals surface area contributed by atoms with Crippen molar-refractivity contribution in [2.24, 2.45) is 0 Å². The van der Waals surface area contributed by atoms with Gasteiger partial charge in [-0.25, -0.2) is 0 Å². The number of aryl methyl sites for hydroxylation is 2. The minimum atomic E-state index is -0.498. The van der Waals surface area contributed by atoms with Gasteiger partial charge < -0.3 is 15.0 Å². The van der Waals surface area contributed by atoms with Crippen LogP contribution in [0.3, 0.4) is 0 Å². The number of rotatable bonds is 4. The number of phenolic OH excluding ortho intramolecular Hbond substituents is 1. The summed E-state index contributed by atoms with van der Waals surface area (Å²) in [5.74, 6) is -0.392. The van der Waals surface area contributed by atoms with Crippen molar-refractivity contribution >= 4 is 33.6 Å². The van der Waals surface area contributed by atoms with Crippen LogP contribution in [0.1, 0.15) is 22.5 Å². The molecule has 2 aromatic carbocycles. The molecular formula is C23H20BrN3O2. The third kappa shape index (κ3) is 4.41. The Hall–Kier alpha value is -3.30. The fourth-order valence-corrected chi connectivity index (χ4v) is 3.39. The van der Waals surface area contributed by atoms with E-state index in [1.165, 1.54) is 12.1 Å². The average Bonchev–Trinajstić information content (AvgIpc) is 2.97. The number of aromatic hydroxyl groups is 1. The third-order valence-corrected chi connectivity index (χ3v) is 5.55. The number of nitrogens with zero attached hydrogens (tertiary/aromatic N) is 2. The van der Waals surface area contributed by atoms with Gasteiger partial charge in [0.15, 0.2) is 0 Å². The molecule has 146 valence electrons. The summed E-state index contributed by atoms with van der Waals surface area (Å²) in [7, 11) is 0. The van der Waals surface area contributed by atoms with Gasteiger partial charge in [-0.3, -0.25) is 4.79 Å². The van der Waals surface area contributed by atoms with Crippen molar-refractivity contribution in [3.63, 3.8) is 0 Å². The number of aromatic nitrogens is 1. The number of benzene rings is 2. The Morgan fingerprint density at radius 2 is 1.83 bits per heavy atom. The first-order valence-corrected chi connectivity index (χ1v) is 9.77. The zero-order valence-electron chi connectivity index (χ0n) is 16.3. The monoisotopic (exact) mass is 449 g/mol. The van der Waals surface area contributed by atoms with Crippen molar-refractivity contribution in [1.82, 2.24) is 4.57 Å². The Kier molecular flexibility index (Phi) is 5.90. The van der Waals surface area contributed by atoms with Crippen LogP contribution in [0.2, 0.25) is 0 Å². The van der Waals surface area contributed by atoms with Gasteiger partial charge in [0.05, 0.1) is 0 Å². The first-order valence-electron chi connectivity index (χ1n) is 8.98. The summed E-state index contributed by atoms with van der Waals surface area (Å²) in [6, 6.07) is 16.1. The van der Waals surface area contributed by atoms with Gasteiger partial charge in [-0.15, -0.1) is 0 Å². The number of carbonyl (C=O) groups excluding carboxylic acids is 1. The molecule has 6 heteroatoms. The van der Waals surface area contributed by atoms with Crippen molar-refractivity contribution in [2.75, 3.05) is 5.32 Å². The van der Waals surface area contributed by atoms with Crippen molar-refractivity contribution in [3.05, 3.63) is 81.1 Å². The molecule has 0 spiro atoms. The van der Waals surface area contributed by atoms with E-state index in [0.29, 0.717) is 5.69 Å². The maximum Gasteiger partial charge on any atom is 0.266 e. The highest BCUT2D eigenvalue weighted by molar-refractivity contribution is 9.10. The molecule has 0 saturated carbocycles. The van der Waals surface area contributed by atoms with Gasteiger partial charge in [-0.05, 0) is 86.5 Å². The average molecular weight is 450 g/mol. The molecule has 5 nitrogen and oxygen atoms in total. The highest BCUT2D eigenvalue weighted by Crippen LogP contribution is 2.26. The molecule has 29 heavy (non-hydrogen) atoms. The smallest absolute Gasteiger partial charge is 0.266 e. The second-order valence-corrected chi connectivity index (χ2v) is 7.62. The summed E-state index contributed by atoms with van der Waals surface area (Å²) in [6.07, 6.45) is 1.60. The van der Waals surface area contributed by atoms with Crippen LogP contribution in [-0.4, -0.2) is 15.6 Å². The maximum absolute atomic E-state index is 12.5. The van der Waals surface area contributed by atoms with Crippen molar-refractivity contribution < 1.29 is 9.90 Å². The van der Waals surface area contributed by atoms with Crippen LogP contribution in [0.4, 0.5) is 5.69 Å². The van der Waals surface area contributed by atoms with Crippen molar-refractivity contribution in [3.8, 4) is 17.5 Å². The van der Waals surface area contributed by atoms with E-state index in [-0.39, 0.29) is 11.3 Å². The quantitative estimate of drug-likeness (QED) is 0.317. The number of halogens is 1. The zero-order valence-corrected chi connectivity index (χ0v) is 17.9. The van der Waals surface area contributed by atoms with E-state index in [9.17, 15) is 15.2 Å².